The van der Waals surface area contributed by atoms with E-state index in [0.29, 0.717) is 5.75 Å². The number of nitrogens with one attached hydrogen (secondary N) is 2. The van der Waals surface area contributed by atoms with Crippen LogP contribution in [0.3, 0.4) is 0 Å². The summed E-state index contributed by atoms with van der Waals surface area (Å²) in [5, 5.41) is 2.52. The third-order valence-electron chi connectivity index (χ3n) is 4.41. The van der Waals surface area contributed by atoms with Crippen molar-refractivity contribution in [1.29, 1.82) is 0 Å². The van der Waals surface area contributed by atoms with Gasteiger partial charge < -0.3 is 24.5 Å². The Morgan fingerprint density at radius 3 is 2.53 bits per heavy atom. The molecular weight excluding hydrogens is 464 g/mol. The molecule has 2 heterocycles. The lowest BCUT2D eigenvalue weighted by Gasteiger charge is -2.19. The second kappa shape index (κ2) is 10.3. The third-order valence-corrected chi connectivity index (χ3v) is 4.41. The van der Waals surface area contributed by atoms with Crippen LogP contribution in [0.15, 0.2) is 47.4 Å². The molecule has 9 nitrogen and oxygen atoms in total. The van der Waals surface area contributed by atoms with E-state index < -0.39 is 35.4 Å². The molecule has 0 saturated heterocycles. The molecule has 1 atom stereocenters. The maximum atomic E-state index is 14.1. The number of carbonyl (C=O) groups is 1. The van der Waals surface area contributed by atoms with E-state index in [0.717, 1.165) is 24.3 Å². The lowest BCUT2D eigenvalue weighted by atomic mass is 10.1. The van der Waals surface area contributed by atoms with E-state index in [1.807, 2.05) is 0 Å². The Morgan fingerprint density at radius 1 is 1.18 bits per heavy atom. The number of alkyl halides is 3. The number of methoxy groups -OCH3 is 2. The zero-order valence-corrected chi connectivity index (χ0v) is 17.8. The van der Waals surface area contributed by atoms with Crippen LogP contribution >= 0.6 is 0 Å². The summed E-state index contributed by atoms with van der Waals surface area (Å²) in [6.45, 7) is -0.152. The highest BCUT2D eigenvalue weighted by Crippen LogP contribution is 2.28. The van der Waals surface area contributed by atoms with Gasteiger partial charge in [-0.25, -0.2) is 14.4 Å². The van der Waals surface area contributed by atoms with Crippen LogP contribution in [0.25, 0.3) is 11.5 Å². The van der Waals surface area contributed by atoms with E-state index >= 15 is 0 Å². The van der Waals surface area contributed by atoms with Gasteiger partial charge >= 0.3 is 6.36 Å². The molecule has 0 bridgehead atoms. The molecule has 0 fully saturated rings. The normalized spacial score (nSPS) is 12.2. The minimum atomic E-state index is -5.06. The van der Waals surface area contributed by atoms with Gasteiger partial charge in [-0.15, -0.1) is 13.2 Å². The van der Waals surface area contributed by atoms with E-state index in [-0.39, 0.29) is 29.4 Å². The van der Waals surface area contributed by atoms with Crippen LogP contribution in [0.2, 0.25) is 0 Å². The van der Waals surface area contributed by atoms with Gasteiger partial charge in [0.25, 0.3) is 11.5 Å². The molecule has 180 valence electrons. The molecule has 0 spiro atoms. The monoisotopic (exact) mass is 482 g/mol. The Bertz CT molecular complexity index is 1220. The van der Waals surface area contributed by atoms with Gasteiger partial charge in [0.2, 0.25) is 0 Å². The van der Waals surface area contributed by atoms with E-state index in [2.05, 4.69) is 25.0 Å². The Morgan fingerprint density at radius 2 is 1.94 bits per heavy atom. The second-order valence-electron chi connectivity index (χ2n) is 6.78. The van der Waals surface area contributed by atoms with Crippen molar-refractivity contribution in [3.63, 3.8) is 0 Å². The number of aromatic nitrogens is 3. The highest BCUT2D eigenvalue weighted by molar-refractivity contribution is 5.92. The minimum Gasteiger partial charge on any atom is -0.495 e. The maximum Gasteiger partial charge on any atom is 0.573 e. The summed E-state index contributed by atoms with van der Waals surface area (Å²) in [5.41, 5.74) is -0.529. The molecule has 2 aromatic heterocycles. The first-order valence-corrected chi connectivity index (χ1v) is 9.56. The van der Waals surface area contributed by atoms with Crippen LogP contribution < -0.4 is 20.3 Å². The molecule has 0 aliphatic rings. The third kappa shape index (κ3) is 6.28. The quantitative estimate of drug-likeness (QED) is 0.475. The van der Waals surface area contributed by atoms with Gasteiger partial charge in [-0.2, -0.15) is 0 Å². The summed E-state index contributed by atoms with van der Waals surface area (Å²) in [7, 11) is 2.77. The predicted molar refractivity (Wildman–Crippen MR) is 110 cm³/mol. The number of pyridine rings is 1. The Balaban J connectivity index is 1.85. The number of halogens is 4. The zero-order valence-electron chi connectivity index (χ0n) is 17.8. The fraction of sp³-hybridized carbons (Fsp3) is 0.238. The molecule has 0 radical (unpaired) electrons. The first-order valence-electron chi connectivity index (χ1n) is 9.56. The summed E-state index contributed by atoms with van der Waals surface area (Å²) >= 11 is 0. The van der Waals surface area contributed by atoms with Gasteiger partial charge in [-0.1, -0.05) is 6.07 Å². The highest BCUT2D eigenvalue weighted by Gasteiger charge is 2.32. The van der Waals surface area contributed by atoms with Crippen LogP contribution in [-0.4, -0.2) is 48.0 Å². The predicted octanol–water partition coefficient (Wildman–Crippen LogP) is 3.00. The Labute approximate surface area is 189 Å². The SMILES string of the molecule is COC[C@@H](NC(=O)c1cc(=O)[nH]c(-c2ccc(OC)cn2)n1)c1ccc(OC(F)(F)F)c(F)c1. The van der Waals surface area contributed by atoms with Crippen molar-refractivity contribution in [2.45, 2.75) is 12.4 Å². The van der Waals surface area contributed by atoms with E-state index in [1.54, 1.807) is 6.07 Å². The fourth-order valence-electron chi connectivity index (χ4n) is 2.90. The second-order valence-corrected chi connectivity index (χ2v) is 6.78. The zero-order chi connectivity index (χ0) is 24.9. The van der Waals surface area contributed by atoms with Crippen molar-refractivity contribution in [3.05, 3.63) is 70.0 Å². The van der Waals surface area contributed by atoms with Crippen molar-refractivity contribution in [3.8, 4) is 23.0 Å². The number of ether oxygens (including phenoxy) is 3. The molecule has 3 aromatic rings. The van der Waals surface area contributed by atoms with Crippen LogP contribution in [-0.2, 0) is 4.74 Å². The van der Waals surface area contributed by atoms with E-state index in [1.165, 1.54) is 26.5 Å². The molecule has 0 aliphatic heterocycles. The molecule has 34 heavy (non-hydrogen) atoms. The molecule has 2 N–H and O–H groups in total. The van der Waals surface area contributed by atoms with Gasteiger partial charge in [0.05, 0.1) is 26.0 Å². The smallest absolute Gasteiger partial charge is 0.495 e. The standard InChI is InChI=1S/C21H18F4N4O5/c1-32-10-16(11-3-6-17(13(22)7-11)34-21(23,24)25)28-20(31)15-8-18(30)29-19(27-15)14-5-4-12(33-2)9-26-14/h3-9,16H,10H2,1-2H3,(H,28,31)(H,27,29,30)/t16-/m1/s1. The van der Waals surface area contributed by atoms with Crippen molar-refractivity contribution in [2.75, 3.05) is 20.8 Å². The van der Waals surface area contributed by atoms with Crippen LogP contribution in [0, 0.1) is 5.82 Å². The maximum absolute atomic E-state index is 14.1. The number of hydrogen-bond donors (Lipinski definition) is 2. The van der Waals surface area contributed by atoms with Crippen LogP contribution in [0.1, 0.15) is 22.1 Å². The first-order chi connectivity index (χ1) is 16.1. The number of rotatable bonds is 8. The number of hydrogen-bond acceptors (Lipinski definition) is 7. The molecule has 0 unspecified atom stereocenters. The number of amides is 1. The summed E-state index contributed by atoms with van der Waals surface area (Å²) in [6, 6.07) is 5.80. The van der Waals surface area contributed by atoms with Crippen molar-refractivity contribution >= 4 is 5.91 Å². The van der Waals surface area contributed by atoms with Crippen LogP contribution in [0.5, 0.6) is 11.5 Å². The van der Waals surface area contributed by atoms with Crippen molar-refractivity contribution in [2.24, 2.45) is 0 Å². The van der Waals surface area contributed by atoms with Gasteiger partial charge in [0, 0.05) is 13.2 Å². The fourth-order valence-corrected chi connectivity index (χ4v) is 2.90. The highest BCUT2D eigenvalue weighted by atomic mass is 19.4. The van der Waals surface area contributed by atoms with Crippen molar-refractivity contribution in [1.82, 2.24) is 20.3 Å². The minimum absolute atomic E-state index is 0.0169. The average molecular weight is 482 g/mol. The molecule has 1 aromatic carbocycles. The average Bonchev–Trinajstić information content (AvgIpc) is 2.79. The molecule has 13 heteroatoms. The van der Waals surface area contributed by atoms with Gasteiger partial charge in [0.1, 0.15) is 17.1 Å². The van der Waals surface area contributed by atoms with Crippen molar-refractivity contribution < 1.29 is 36.6 Å². The molecule has 0 saturated carbocycles. The summed E-state index contributed by atoms with van der Waals surface area (Å²) in [5.74, 6) is -2.62. The van der Waals surface area contributed by atoms with Gasteiger partial charge in [-0.05, 0) is 29.8 Å². The molecule has 0 aliphatic carbocycles. The molecule has 3 rings (SSSR count). The molecule has 1 amide bonds. The lowest BCUT2D eigenvalue weighted by molar-refractivity contribution is -0.275. The van der Waals surface area contributed by atoms with Crippen LogP contribution in [0.4, 0.5) is 17.6 Å². The van der Waals surface area contributed by atoms with Gasteiger partial charge in [-0.3, -0.25) is 9.59 Å². The summed E-state index contributed by atoms with van der Waals surface area (Å²) < 4.78 is 64.9. The number of benzene rings is 1. The number of H-pyrrole nitrogens is 1. The number of nitrogens with zero attached hydrogens (tertiary/aromatic N) is 2. The largest absolute Gasteiger partial charge is 0.573 e. The topological polar surface area (TPSA) is 115 Å². The Hall–Kier alpha value is -4.00. The number of aromatic amines is 1. The summed E-state index contributed by atoms with van der Waals surface area (Å²) in [6.07, 6.45) is -3.66. The van der Waals surface area contributed by atoms with E-state index in [4.69, 9.17) is 9.47 Å². The summed E-state index contributed by atoms with van der Waals surface area (Å²) in [4.78, 5) is 35.5. The van der Waals surface area contributed by atoms with E-state index in [9.17, 15) is 27.2 Å². The first kappa shape index (κ1) is 24.6. The van der Waals surface area contributed by atoms with Gasteiger partial charge in [0.15, 0.2) is 17.4 Å². The Kier molecular flexibility index (Phi) is 7.46. The number of carbonyl (C=O) groups excluding carboxylic acids is 1. The molecular formula is C21H18F4N4O5. The lowest BCUT2D eigenvalue weighted by Crippen LogP contribution is -2.33.